The summed E-state index contributed by atoms with van der Waals surface area (Å²) in [4.78, 5) is 25.5. The number of nitrogens with zero attached hydrogens (tertiary/aromatic N) is 1. The summed E-state index contributed by atoms with van der Waals surface area (Å²) in [5, 5.41) is 3.06. The third kappa shape index (κ3) is 3.41. The van der Waals surface area contributed by atoms with E-state index < -0.39 is 27.4 Å². The molecule has 1 N–H and O–H groups in total. The summed E-state index contributed by atoms with van der Waals surface area (Å²) in [7, 11) is -3.95. The Morgan fingerprint density at radius 1 is 0.935 bits per heavy atom. The number of hydrogen-bond donors (Lipinski definition) is 1. The molecule has 0 aromatic heterocycles. The van der Waals surface area contributed by atoms with Crippen LogP contribution in [-0.2, 0) is 15.6 Å². The predicted molar refractivity (Wildman–Crippen MR) is 117 cm³/mol. The minimum absolute atomic E-state index is 0.0391. The number of nitrogens with one attached hydrogen (secondary N) is 1. The van der Waals surface area contributed by atoms with E-state index in [1.807, 2.05) is 67.6 Å². The minimum Gasteiger partial charge on any atom is -0.339 e. The van der Waals surface area contributed by atoms with Crippen molar-refractivity contribution in [2.75, 3.05) is 6.54 Å². The average molecular weight is 435 g/mol. The van der Waals surface area contributed by atoms with Crippen molar-refractivity contribution in [3.05, 3.63) is 101 Å². The lowest BCUT2D eigenvalue weighted by molar-refractivity contribution is 0.0872. The molecular weight excluding hydrogens is 412 g/mol. The summed E-state index contributed by atoms with van der Waals surface area (Å²) in [5.41, 5.74) is 1.19. The summed E-state index contributed by atoms with van der Waals surface area (Å²) < 4.78 is 26.2. The largest absolute Gasteiger partial charge is 0.339 e. The van der Waals surface area contributed by atoms with Crippen molar-refractivity contribution in [3.8, 4) is 0 Å². The molecule has 2 amide bonds. The van der Waals surface area contributed by atoms with Gasteiger partial charge in [-0.15, -0.1) is 0 Å². The molecule has 4 rings (SSSR count). The number of rotatable bonds is 5. The van der Waals surface area contributed by atoms with Crippen LogP contribution in [0.5, 0.6) is 0 Å². The Labute approximate surface area is 181 Å². The highest BCUT2D eigenvalue weighted by Crippen LogP contribution is 2.32. The van der Waals surface area contributed by atoms with E-state index in [4.69, 9.17) is 0 Å². The lowest BCUT2D eigenvalue weighted by Crippen LogP contribution is -2.44. The van der Waals surface area contributed by atoms with Gasteiger partial charge in [-0.2, -0.15) is 0 Å². The van der Waals surface area contributed by atoms with Crippen molar-refractivity contribution in [2.24, 2.45) is 0 Å². The fourth-order valence-electron chi connectivity index (χ4n) is 3.88. The van der Waals surface area contributed by atoms with Gasteiger partial charge in [-0.1, -0.05) is 60.7 Å². The van der Waals surface area contributed by atoms with Crippen molar-refractivity contribution in [2.45, 2.75) is 24.3 Å². The first-order chi connectivity index (χ1) is 14.8. The Hall–Kier alpha value is -3.45. The van der Waals surface area contributed by atoms with Crippen LogP contribution in [0.15, 0.2) is 83.8 Å². The van der Waals surface area contributed by atoms with E-state index in [-0.39, 0.29) is 22.6 Å². The minimum atomic E-state index is -3.95. The lowest BCUT2D eigenvalue weighted by Gasteiger charge is -2.32. The number of benzene rings is 3. The van der Waals surface area contributed by atoms with Gasteiger partial charge in [-0.3, -0.25) is 9.59 Å². The second-order valence-corrected chi connectivity index (χ2v) is 9.33. The third-order valence-corrected chi connectivity index (χ3v) is 7.52. The summed E-state index contributed by atoms with van der Waals surface area (Å²) in [6.45, 7) is 3.54. The van der Waals surface area contributed by atoms with Crippen LogP contribution >= 0.6 is 0 Å². The second kappa shape index (κ2) is 7.67. The molecule has 0 atom stereocenters. The Morgan fingerprint density at radius 2 is 1.48 bits per heavy atom. The van der Waals surface area contributed by atoms with Gasteiger partial charge in [0, 0.05) is 12.1 Å². The maximum atomic E-state index is 13.2. The van der Waals surface area contributed by atoms with E-state index in [1.165, 1.54) is 18.2 Å². The van der Waals surface area contributed by atoms with Crippen LogP contribution < -0.4 is 5.32 Å². The van der Waals surface area contributed by atoms with Crippen LogP contribution in [0, 0.1) is 0 Å². The Morgan fingerprint density at radius 3 is 2.00 bits per heavy atom. The van der Waals surface area contributed by atoms with E-state index in [9.17, 15) is 18.0 Å². The molecule has 1 heterocycles. The number of carbonyl (C=O) groups excluding carboxylic acids is 2. The zero-order valence-corrected chi connectivity index (χ0v) is 18.0. The summed E-state index contributed by atoms with van der Waals surface area (Å²) in [5.74, 6) is -1.00. The molecule has 0 aliphatic carbocycles. The molecular formula is C24H22N2O4S. The van der Waals surface area contributed by atoms with Crippen molar-refractivity contribution in [1.29, 1.82) is 0 Å². The van der Waals surface area contributed by atoms with Gasteiger partial charge in [-0.25, -0.2) is 12.7 Å². The standard InChI is InChI=1S/C24H22N2O4S/c1-3-26-23(28)20-15-14-17(16-21(20)31(26,29)30)22(27)25-24(2,18-10-6-4-7-11-18)19-12-8-5-9-13-19/h4-16H,3H2,1-2H3,(H,25,27). The molecule has 3 aromatic rings. The number of sulfonamides is 1. The molecule has 0 radical (unpaired) electrons. The first-order valence-electron chi connectivity index (χ1n) is 9.93. The lowest BCUT2D eigenvalue weighted by atomic mass is 9.84. The molecule has 0 saturated carbocycles. The van der Waals surface area contributed by atoms with Crippen molar-refractivity contribution in [3.63, 3.8) is 0 Å². The molecule has 3 aromatic carbocycles. The van der Waals surface area contributed by atoms with E-state index in [0.717, 1.165) is 15.4 Å². The van der Waals surface area contributed by atoms with Gasteiger partial charge < -0.3 is 5.32 Å². The molecule has 31 heavy (non-hydrogen) atoms. The zero-order valence-electron chi connectivity index (χ0n) is 17.2. The maximum absolute atomic E-state index is 13.2. The fourth-order valence-corrected chi connectivity index (χ4v) is 5.49. The molecule has 1 aliphatic rings. The van der Waals surface area contributed by atoms with E-state index in [2.05, 4.69) is 5.32 Å². The highest BCUT2D eigenvalue weighted by Gasteiger charge is 2.41. The normalized spacial score (nSPS) is 14.9. The second-order valence-electron chi connectivity index (χ2n) is 7.50. The molecule has 1 aliphatic heterocycles. The maximum Gasteiger partial charge on any atom is 0.268 e. The van der Waals surface area contributed by atoms with Gasteiger partial charge in [0.05, 0.1) is 11.1 Å². The fraction of sp³-hybridized carbons (Fsp3) is 0.167. The Bertz CT molecular complexity index is 1220. The first kappa shape index (κ1) is 20.8. The van der Waals surface area contributed by atoms with E-state index in [1.54, 1.807) is 6.92 Å². The van der Waals surface area contributed by atoms with E-state index in [0.29, 0.717) is 0 Å². The number of fused-ring (bicyclic) bond motifs is 1. The van der Waals surface area contributed by atoms with Gasteiger partial charge in [0.25, 0.3) is 21.8 Å². The SMILES string of the molecule is CCN1C(=O)c2ccc(C(=O)NC(C)(c3ccccc3)c3ccccc3)cc2S1(=O)=O. The van der Waals surface area contributed by atoms with Crippen LogP contribution in [0.25, 0.3) is 0 Å². The van der Waals surface area contributed by atoms with Crippen LogP contribution in [-0.4, -0.2) is 31.1 Å². The monoisotopic (exact) mass is 434 g/mol. The molecule has 0 bridgehead atoms. The summed E-state index contributed by atoms with van der Waals surface area (Å²) in [6.07, 6.45) is 0. The Kier molecular flexibility index (Phi) is 5.15. The van der Waals surface area contributed by atoms with Gasteiger partial charge in [0.2, 0.25) is 0 Å². The smallest absolute Gasteiger partial charge is 0.268 e. The van der Waals surface area contributed by atoms with Gasteiger partial charge >= 0.3 is 0 Å². The zero-order chi connectivity index (χ0) is 22.2. The summed E-state index contributed by atoms with van der Waals surface area (Å²) in [6, 6.07) is 23.3. The molecule has 0 fully saturated rings. The molecule has 7 heteroatoms. The number of amides is 2. The van der Waals surface area contributed by atoms with Crippen molar-refractivity contribution >= 4 is 21.8 Å². The van der Waals surface area contributed by atoms with E-state index >= 15 is 0 Å². The van der Waals surface area contributed by atoms with Crippen LogP contribution in [0.3, 0.4) is 0 Å². The summed E-state index contributed by atoms with van der Waals surface area (Å²) >= 11 is 0. The van der Waals surface area contributed by atoms with Crippen LogP contribution in [0.2, 0.25) is 0 Å². The van der Waals surface area contributed by atoms with Crippen LogP contribution in [0.1, 0.15) is 45.7 Å². The molecule has 158 valence electrons. The molecule has 6 nitrogen and oxygen atoms in total. The molecule has 0 unspecified atom stereocenters. The number of hydrogen-bond acceptors (Lipinski definition) is 4. The topological polar surface area (TPSA) is 83.6 Å². The highest BCUT2D eigenvalue weighted by atomic mass is 32.2. The molecule has 0 spiro atoms. The quantitative estimate of drug-likeness (QED) is 0.666. The van der Waals surface area contributed by atoms with Gasteiger partial charge in [0.15, 0.2) is 0 Å². The van der Waals surface area contributed by atoms with Crippen LogP contribution in [0.4, 0.5) is 0 Å². The average Bonchev–Trinajstić information content (AvgIpc) is 2.99. The Balaban J connectivity index is 1.75. The van der Waals surface area contributed by atoms with Crippen molar-refractivity contribution < 1.29 is 18.0 Å². The third-order valence-electron chi connectivity index (χ3n) is 5.62. The predicted octanol–water partition coefficient (Wildman–Crippen LogP) is 3.54. The first-order valence-corrected chi connectivity index (χ1v) is 11.4. The highest BCUT2D eigenvalue weighted by molar-refractivity contribution is 7.90. The molecule has 0 saturated heterocycles. The number of carbonyl (C=O) groups is 2. The van der Waals surface area contributed by atoms with Crippen molar-refractivity contribution in [1.82, 2.24) is 9.62 Å². The van der Waals surface area contributed by atoms with Gasteiger partial charge in [-0.05, 0) is 43.2 Å². The van der Waals surface area contributed by atoms with Gasteiger partial charge in [0.1, 0.15) is 4.90 Å².